The second-order valence-electron chi connectivity index (χ2n) is 7.82. The molecule has 2 aliphatic carbocycles. The predicted molar refractivity (Wildman–Crippen MR) is 101 cm³/mol. The zero-order chi connectivity index (χ0) is 19.2. The Kier molecular flexibility index (Phi) is 4.22. The van der Waals surface area contributed by atoms with E-state index in [2.05, 4.69) is 6.92 Å². The number of hydrogen-bond acceptors (Lipinski definition) is 4. The maximum atomic E-state index is 13.0. The van der Waals surface area contributed by atoms with Crippen LogP contribution < -0.4 is 0 Å². The van der Waals surface area contributed by atoms with Crippen molar-refractivity contribution < 1.29 is 19.1 Å². The normalized spacial score (nSPS) is 24.1. The summed E-state index contributed by atoms with van der Waals surface area (Å²) in [6.07, 6.45) is 3.25. The number of ketones is 2. The highest BCUT2D eigenvalue weighted by molar-refractivity contribution is 6.28. The molecule has 2 aromatic rings. The molecule has 0 radical (unpaired) electrons. The Morgan fingerprint density at radius 3 is 2.07 bits per heavy atom. The topological polar surface area (TPSA) is 60.4 Å². The molecule has 1 fully saturated rings. The number of methoxy groups -OCH3 is 1. The fourth-order valence-electron chi connectivity index (χ4n) is 4.42. The van der Waals surface area contributed by atoms with Crippen molar-refractivity contribution >= 4 is 17.5 Å². The van der Waals surface area contributed by atoms with Gasteiger partial charge in [-0.3, -0.25) is 14.4 Å². The van der Waals surface area contributed by atoms with Crippen LogP contribution in [0.25, 0.3) is 0 Å². The van der Waals surface area contributed by atoms with Crippen molar-refractivity contribution in [2.24, 2.45) is 5.92 Å². The second kappa shape index (κ2) is 6.45. The summed E-state index contributed by atoms with van der Waals surface area (Å²) in [4.78, 5) is 37.5. The molecule has 0 aromatic heterocycles. The van der Waals surface area contributed by atoms with Crippen molar-refractivity contribution in [3.8, 4) is 0 Å². The minimum Gasteiger partial charge on any atom is -0.469 e. The summed E-state index contributed by atoms with van der Waals surface area (Å²) >= 11 is 0. The molecule has 0 N–H and O–H groups in total. The Labute approximate surface area is 158 Å². The molecule has 138 valence electrons. The van der Waals surface area contributed by atoms with Gasteiger partial charge in [-0.15, -0.1) is 0 Å². The number of benzene rings is 2. The first-order valence-corrected chi connectivity index (χ1v) is 9.35. The van der Waals surface area contributed by atoms with Crippen LogP contribution in [0, 0.1) is 5.92 Å². The molecule has 4 heteroatoms. The van der Waals surface area contributed by atoms with E-state index < -0.39 is 0 Å². The highest BCUT2D eigenvalue weighted by Gasteiger charge is 2.37. The van der Waals surface area contributed by atoms with E-state index >= 15 is 0 Å². The Balaban J connectivity index is 1.67. The van der Waals surface area contributed by atoms with Gasteiger partial charge in [-0.05, 0) is 48.8 Å². The van der Waals surface area contributed by atoms with E-state index in [0.717, 1.165) is 31.2 Å². The van der Waals surface area contributed by atoms with Crippen molar-refractivity contribution in [1.29, 1.82) is 0 Å². The molecule has 0 amide bonds. The quantitative estimate of drug-likeness (QED) is 0.645. The number of hydrogen-bond donors (Lipinski definition) is 0. The molecule has 1 saturated carbocycles. The molecule has 0 heterocycles. The first-order chi connectivity index (χ1) is 12.9. The van der Waals surface area contributed by atoms with Gasteiger partial charge in [0, 0.05) is 22.3 Å². The summed E-state index contributed by atoms with van der Waals surface area (Å²) in [6, 6.07) is 12.6. The fourth-order valence-corrected chi connectivity index (χ4v) is 4.42. The third-order valence-corrected chi connectivity index (χ3v) is 6.25. The van der Waals surface area contributed by atoms with E-state index in [9.17, 15) is 14.4 Å². The molecule has 0 saturated heterocycles. The van der Waals surface area contributed by atoms with Gasteiger partial charge in [0.2, 0.25) is 0 Å². The van der Waals surface area contributed by atoms with Crippen LogP contribution in [-0.4, -0.2) is 24.6 Å². The van der Waals surface area contributed by atoms with Crippen molar-refractivity contribution in [2.45, 2.75) is 38.0 Å². The highest BCUT2D eigenvalue weighted by Crippen LogP contribution is 2.42. The van der Waals surface area contributed by atoms with Crippen LogP contribution in [0.2, 0.25) is 0 Å². The number of esters is 1. The van der Waals surface area contributed by atoms with E-state index in [1.807, 2.05) is 12.1 Å². The lowest BCUT2D eigenvalue weighted by atomic mass is 9.67. The lowest BCUT2D eigenvalue weighted by Gasteiger charge is -2.37. The van der Waals surface area contributed by atoms with Crippen LogP contribution in [0.1, 0.15) is 70.0 Å². The number of fused-ring (bicyclic) bond motifs is 2. The van der Waals surface area contributed by atoms with Gasteiger partial charge in [-0.2, -0.15) is 0 Å². The lowest BCUT2D eigenvalue weighted by Crippen LogP contribution is -2.32. The number of carbonyl (C=O) groups is 3. The minimum absolute atomic E-state index is 0.0456. The minimum atomic E-state index is -0.139. The standard InChI is InChI=1S/C23H22O4/c1-23(11-9-14(10-12-23)22(26)27-2)15-7-8-18-19(13-15)21(25)17-6-4-3-5-16(17)20(18)24/h3-8,13-14H,9-12H2,1-2H3. The summed E-state index contributed by atoms with van der Waals surface area (Å²) in [5.74, 6) is -0.365. The second-order valence-corrected chi connectivity index (χ2v) is 7.82. The Morgan fingerprint density at radius 2 is 1.48 bits per heavy atom. The number of carbonyl (C=O) groups excluding carboxylic acids is 3. The molecule has 4 rings (SSSR count). The molecule has 2 aliphatic rings. The van der Waals surface area contributed by atoms with Crippen LogP contribution in [0.4, 0.5) is 0 Å². The first-order valence-electron chi connectivity index (χ1n) is 9.35. The zero-order valence-corrected chi connectivity index (χ0v) is 15.6. The Morgan fingerprint density at radius 1 is 0.926 bits per heavy atom. The smallest absolute Gasteiger partial charge is 0.308 e. The van der Waals surface area contributed by atoms with Gasteiger partial charge < -0.3 is 4.74 Å². The highest BCUT2D eigenvalue weighted by atomic mass is 16.5. The molecule has 2 aromatic carbocycles. The van der Waals surface area contributed by atoms with Gasteiger partial charge >= 0.3 is 5.97 Å². The summed E-state index contributed by atoms with van der Waals surface area (Å²) in [5.41, 5.74) is 2.88. The van der Waals surface area contributed by atoms with Gasteiger partial charge in [-0.25, -0.2) is 0 Å². The maximum absolute atomic E-state index is 13.0. The number of ether oxygens (including phenoxy) is 1. The van der Waals surface area contributed by atoms with E-state index in [-0.39, 0.29) is 28.9 Å². The largest absolute Gasteiger partial charge is 0.469 e. The van der Waals surface area contributed by atoms with Crippen LogP contribution in [0.15, 0.2) is 42.5 Å². The summed E-state index contributed by atoms with van der Waals surface area (Å²) < 4.78 is 4.88. The van der Waals surface area contributed by atoms with E-state index in [1.165, 1.54) is 7.11 Å². The van der Waals surface area contributed by atoms with Crippen LogP contribution in [0.3, 0.4) is 0 Å². The molecule has 0 spiro atoms. The molecule has 4 nitrogen and oxygen atoms in total. The van der Waals surface area contributed by atoms with Gasteiger partial charge in [0.05, 0.1) is 13.0 Å². The predicted octanol–water partition coefficient (Wildman–Crippen LogP) is 4.08. The van der Waals surface area contributed by atoms with Crippen molar-refractivity contribution in [3.63, 3.8) is 0 Å². The van der Waals surface area contributed by atoms with Gasteiger partial charge in [-0.1, -0.05) is 37.3 Å². The van der Waals surface area contributed by atoms with Crippen molar-refractivity contribution in [1.82, 2.24) is 0 Å². The molecular formula is C23H22O4. The summed E-state index contributed by atoms with van der Waals surface area (Å²) in [5, 5.41) is 0. The molecule has 27 heavy (non-hydrogen) atoms. The SMILES string of the molecule is COC(=O)C1CCC(C)(c2ccc3c(c2)C(=O)c2ccccc2C3=O)CC1. The van der Waals surface area contributed by atoms with Crippen molar-refractivity contribution in [2.75, 3.05) is 7.11 Å². The van der Waals surface area contributed by atoms with Gasteiger partial charge in [0.25, 0.3) is 0 Å². The maximum Gasteiger partial charge on any atom is 0.308 e. The molecule has 0 bridgehead atoms. The molecule has 0 unspecified atom stereocenters. The summed E-state index contributed by atoms with van der Waals surface area (Å²) in [6.45, 7) is 2.17. The molecular weight excluding hydrogens is 340 g/mol. The first kappa shape index (κ1) is 17.7. The fraction of sp³-hybridized carbons (Fsp3) is 0.348. The van der Waals surface area contributed by atoms with Crippen LogP contribution in [-0.2, 0) is 14.9 Å². The average molecular weight is 362 g/mol. The molecule has 0 atom stereocenters. The van der Waals surface area contributed by atoms with E-state index in [1.54, 1.807) is 30.3 Å². The van der Waals surface area contributed by atoms with E-state index in [0.29, 0.717) is 22.3 Å². The monoisotopic (exact) mass is 362 g/mol. The van der Waals surface area contributed by atoms with E-state index in [4.69, 9.17) is 4.74 Å². The zero-order valence-electron chi connectivity index (χ0n) is 15.6. The van der Waals surface area contributed by atoms with Gasteiger partial charge in [0.15, 0.2) is 11.6 Å². The number of rotatable bonds is 2. The third-order valence-electron chi connectivity index (χ3n) is 6.25. The average Bonchev–Trinajstić information content (AvgIpc) is 2.71. The Bertz CT molecular complexity index is 949. The van der Waals surface area contributed by atoms with Crippen LogP contribution in [0.5, 0.6) is 0 Å². The third kappa shape index (κ3) is 2.80. The van der Waals surface area contributed by atoms with Crippen molar-refractivity contribution in [3.05, 3.63) is 70.3 Å². The summed E-state index contributed by atoms with van der Waals surface area (Å²) in [7, 11) is 1.43. The molecule has 0 aliphatic heterocycles. The Hall–Kier alpha value is -2.75. The van der Waals surface area contributed by atoms with Gasteiger partial charge in [0.1, 0.15) is 0 Å². The lowest BCUT2D eigenvalue weighted by molar-refractivity contribution is -0.146. The van der Waals surface area contributed by atoms with Crippen LogP contribution >= 0.6 is 0 Å².